The number of hydrogen-bond acceptors (Lipinski definition) is 6. The average Bonchev–Trinajstić information content (AvgIpc) is 3.16. The molecule has 0 radical (unpaired) electrons. The summed E-state index contributed by atoms with van der Waals surface area (Å²) in [6, 6.07) is 31.9. The maximum atomic E-state index is 13.1. The highest BCUT2D eigenvalue weighted by atomic mass is 35.5. The highest BCUT2D eigenvalue weighted by Gasteiger charge is 2.20. The molecule has 10 heteroatoms. The predicted octanol–water partition coefficient (Wildman–Crippen LogP) is 10.6. The quantitative estimate of drug-likeness (QED) is 0.104. The summed E-state index contributed by atoms with van der Waals surface area (Å²) >= 11 is 13.0. The van der Waals surface area contributed by atoms with Gasteiger partial charge in [-0.1, -0.05) is 91.6 Å². The molecule has 2 heterocycles. The number of carbonyl (C=O) groups excluding carboxylic acids is 1. The second kappa shape index (κ2) is 19.7. The molecule has 1 saturated heterocycles. The zero-order valence-corrected chi connectivity index (χ0v) is 33.2. The largest absolute Gasteiger partial charge is 0.493 e. The molecule has 0 atom stereocenters. The van der Waals surface area contributed by atoms with E-state index in [0.717, 1.165) is 48.5 Å². The summed E-state index contributed by atoms with van der Waals surface area (Å²) in [7, 11) is 0. The van der Waals surface area contributed by atoms with Crippen molar-refractivity contribution >= 4 is 47.6 Å². The lowest BCUT2D eigenvalue weighted by Crippen LogP contribution is -2.47. The van der Waals surface area contributed by atoms with Gasteiger partial charge in [0.2, 0.25) is 5.91 Å². The van der Waals surface area contributed by atoms with E-state index in [2.05, 4.69) is 72.3 Å². The summed E-state index contributed by atoms with van der Waals surface area (Å²) in [6.07, 6.45) is 5.90. The highest BCUT2D eigenvalue weighted by Crippen LogP contribution is 2.37. The van der Waals surface area contributed by atoms with Crippen LogP contribution in [0.15, 0.2) is 109 Å². The number of aromatic nitrogens is 1. The summed E-state index contributed by atoms with van der Waals surface area (Å²) in [4.78, 5) is 21.8. The molecule has 1 aliphatic rings. The Morgan fingerprint density at radius 1 is 0.852 bits per heavy atom. The highest BCUT2D eigenvalue weighted by molar-refractivity contribution is 6.32. The summed E-state index contributed by atoms with van der Waals surface area (Å²) in [5.74, 6) is 2.64. The van der Waals surface area contributed by atoms with Crippen LogP contribution < -0.4 is 14.2 Å². The standard InChI is InChI=1S/C44H45Cl2N3O4.ClH/c1-31(2)36-15-17-38(18-16-36)51-26-20-33-10-12-34(13-11-33)29-48-22-24-49(25-23-48)42(50)19-14-35-27-32(3)43(40(46)28-35)53-44-41(9-6-21-47-44)52-30-37-7-4-5-8-39(37)45;/h4-19,21,27-28,31H,20,22-26,29-30H2,1-3H3;1H/b19-14+;. The lowest BCUT2D eigenvalue weighted by Gasteiger charge is -2.34. The Kier molecular flexibility index (Phi) is 14.8. The van der Waals surface area contributed by atoms with Crippen molar-refractivity contribution in [2.75, 3.05) is 32.8 Å². The second-order valence-electron chi connectivity index (χ2n) is 13.5. The molecule has 1 fully saturated rings. The molecule has 0 saturated carbocycles. The van der Waals surface area contributed by atoms with Gasteiger partial charge in [0, 0.05) is 62.0 Å². The normalized spacial score (nSPS) is 13.2. The summed E-state index contributed by atoms with van der Waals surface area (Å²) < 4.78 is 18.1. The van der Waals surface area contributed by atoms with E-state index in [0.29, 0.717) is 53.0 Å². The van der Waals surface area contributed by atoms with Gasteiger partial charge >= 0.3 is 0 Å². The number of carbonyl (C=O) groups is 1. The third-order valence-corrected chi connectivity index (χ3v) is 9.91. The molecule has 7 nitrogen and oxygen atoms in total. The van der Waals surface area contributed by atoms with Crippen molar-refractivity contribution in [3.8, 4) is 23.1 Å². The third kappa shape index (κ3) is 11.2. The number of amides is 1. The molecule has 1 amide bonds. The number of halogens is 3. The van der Waals surface area contributed by atoms with Gasteiger partial charge in [-0.15, -0.1) is 12.4 Å². The molecular formula is C44H46Cl3N3O4. The number of rotatable bonds is 14. The minimum atomic E-state index is -0.0185. The number of aryl methyl sites for hydroxylation is 1. The molecule has 6 rings (SSSR count). The zero-order valence-electron chi connectivity index (χ0n) is 30.8. The fourth-order valence-electron chi connectivity index (χ4n) is 6.12. The van der Waals surface area contributed by atoms with Crippen molar-refractivity contribution in [3.05, 3.63) is 153 Å². The molecular weight excluding hydrogens is 741 g/mol. The van der Waals surface area contributed by atoms with Crippen molar-refractivity contribution in [2.45, 2.75) is 46.3 Å². The van der Waals surface area contributed by atoms with Gasteiger partial charge in [-0.3, -0.25) is 9.69 Å². The second-order valence-corrected chi connectivity index (χ2v) is 14.3. The molecule has 54 heavy (non-hydrogen) atoms. The van der Waals surface area contributed by atoms with Crippen LogP contribution in [0.5, 0.6) is 23.1 Å². The number of hydrogen-bond donors (Lipinski definition) is 0. The average molecular weight is 787 g/mol. The van der Waals surface area contributed by atoms with Crippen LogP contribution in [-0.2, 0) is 24.4 Å². The van der Waals surface area contributed by atoms with Crippen LogP contribution in [0.4, 0.5) is 0 Å². The van der Waals surface area contributed by atoms with Gasteiger partial charge in [0.1, 0.15) is 12.4 Å². The first-order valence-corrected chi connectivity index (χ1v) is 18.8. The van der Waals surface area contributed by atoms with Crippen LogP contribution in [-0.4, -0.2) is 53.5 Å². The van der Waals surface area contributed by atoms with E-state index in [1.165, 1.54) is 16.7 Å². The SMILES string of the molecule is Cc1cc(/C=C/C(=O)N2CCN(Cc3ccc(CCOc4ccc(C(C)C)cc4)cc3)CC2)cc(Cl)c1Oc1ncccc1OCc1ccccc1Cl.Cl. The first kappa shape index (κ1) is 40.7. The number of nitrogens with zero attached hydrogens (tertiary/aromatic N) is 3. The molecule has 0 N–H and O–H groups in total. The van der Waals surface area contributed by atoms with E-state index < -0.39 is 0 Å². The maximum absolute atomic E-state index is 13.1. The Labute approximate surface area is 334 Å². The third-order valence-electron chi connectivity index (χ3n) is 9.27. The number of ether oxygens (including phenoxy) is 3. The Bertz CT molecular complexity index is 1990. The number of pyridine rings is 1. The van der Waals surface area contributed by atoms with Crippen LogP contribution >= 0.6 is 35.6 Å². The van der Waals surface area contributed by atoms with E-state index in [1.54, 1.807) is 36.5 Å². The van der Waals surface area contributed by atoms with Crippen molar-refractivity contribution < 1.29 is 19.0 Å². The van der Waals surface area contributed by atoms with Crippen LogP contribution in [0.2, 0.25) is 10.0 Å². The fourth-order valence-corrected chi connectivity index (χ4v) is 6.62. The number of benzene rings is 4. The van der Waals surface area contributed by atoms with Crippen LogP contribution in [0, 0.1) is 6.92 Å². The van der Waals surface area contributed by atoms with E-state index in [9.17, 15) is 4.79 Å². The van der Waals surface area contributed by atoms with Crippen LogP contribution in [0.25, 0.3) is 6.08 Å². The Hall–Kier alpha value is -4.53. The molecule has 1 aliphatic heterocycles. The summed E-state index contributed by atoms with van der Waals surface area (Å²) in [5, 5.41) is 1.03. The van der Waals surface area contributed by atoms with E-state index in [1.807, 2.05) is 42.2 Å². The first-order valence-electron chi connectivity index (χ1n) is 18.0. The smallest absolute Gasteiger partial charge is 0.262 e. The Morgan fingerprint density at radius 3 is 2.28 bits per heavy atom. The minimum Gasteiger partial charge on any atom is -0.493 e. The molecule has 4 aromatic carbocycles. The molecule has 0 aliphatic carbocycles. The van der Waals surface area contributed by atoms with Crippen molar-refractivity contribution in [1.29, 1.82) is 0 Å². The van der Waals surface area contributed by atoms with E-state index >= 15 is 0 Å². The van der Waals surface area contributed by atoms with Crippen molar-refractivity contribution in [2.24, 2.45) is 0 Å². The van der Waals surface area contributed by atoms with Crippen LogP contribution in [0.3, 0.4) is 0 Å². The van der Waals surface area contributed by atoms with E-state index in [-0.39, 0.29) is 24.9 Å². The summed E-state index contributed by atoms with van der Waals surface area (Å²) in [6.45, 7) is 11.0. The van der Waals surface area contributed by atoms with Gasteiger partial charge in [0.15, 0.2) is 11.5 Å². The Morgan fingerprint density at radius 2 is 1.57 bits per heavy atom. The fraction of sp³-hybridized carbons (Fsp3) is 0.273. The summed E-state index contributed by atoms with van der Waals surface area (Å²) in [5.41, 5.74) is 6.30. The molecule has 0 spiro atoms. The van der Waals surface area contributed by atoms with Gasteiger partial charge < -0.3 is 19.1 Å². The number of piperazine rings is 1. The lowest BCUT2D eigenvalue weighted by molar-refractivity contribution is -0.127. The lowest BCUT2D eigenvalue weighted by atomic mass is 10.0. The molecule has 282 valence electrons. The van der Waals surface area contributed by atoms with Gasteiger partial charge in [-0.05, 0) is 89.2 Å². The van der Waals surface area contributed by atoms with Crippen LogP contribution in [0.1, 0.15) is 53.1 Å². The van der Waals surface area contributed by atoms with Gasteiger partial charge in [0.05, 0.1) is 11.6 Å². The van der Waals surface area contributed by atoms with Crippen molar-refractivity contribution in [1.82, 2.24) is 14.8 Å². The molecule has 0 bridgehead atoms. The monoisotopic (exact) mass is 785 g/mol. The molecule has 0 unspecified atom stereocenters. The molecule has 1 aromatic heterocycles. The zero-order chi connectivity index (χ0) is 37.2. The van der Waals surface area contributed by atoms with E-state index in [4.69, 9.17) is 37.4 Å². The van der Waals surface area contributed by atoms with Gasteiger partial charge in [-0.2, -0.15) is 0 Å². The minimum absolute atomic E-state index is 0. The first-order chi connectivity index (χ1) is 25.7. The van der Waals surface area contributed by atoms with Gasteiger partial charge in [-0.25, -0.2) is 4.98 Å². The topological polar surface area (TPSA) is 64.1 Å². The van der Waals surface area contributed by atoms with Gasteiger partial charge in [0.25, 0.3) is 5.88 Å². The maximum Gasteiger partial charge on any atom is 0.262 e. The predicted molar refractivity (Wildman–Crippen MR) is 221 cm³/mol. The van der Waals surface area contributed by atoms with Crippen molar-refractivity contribution in [3.63, 3.8) is 0 Å². The Balaban J connectivity index is 0.00000561. The molecule has 5 aromatic rings.